The third-order valence-corrected chi connectivity index (χ3v) is 4.92. The predicted octanol–water partition coefficient (Wildman–Crippen LogP) is 4.01. The second kappa shape index (κ2) is 4.98. The van der Waals surface area contributed by atoms with Gasteiger partial charge in [0.2, 0.25) is 0 Å². The van der Waals surface area contributed by atoms with Crippen LogP contribution in [-0.2, 0) is 4.79 Å². The summed E-state index contributed by atoms with van der Waals surface area (Å²) in [6, 6.07) is 0. The van der Waals surface area contributed by atoms with E-state index in [9.17, 15) is 4.79 Å². The Morgan fingerprint density at radius 3 is 2.67 bits per heavy atom. The van der Waals surface area contributed by atoms with Crippen LogP contribution in [0.25, 0.3) is 0 Å². The Morgan fingerprint density at radius 1 is 1.60 bits per heavy atom. The van der Waals surface area contributed by atoms with Crippen LogP contribution in [0.4, 0.5) is 0 Å². The molecule has 1 aliphatic carbocycles. The molecular weight excluding hydrogens is 299 g/mol. The predicted molar refractivity (Wildman–Crippen MR) is 73.3 cm³/mol. The lowest BCUT2D eigenvalue weighted by Gasteiger charge is -2.39. The van der Waals surface area contributed by atoms with Crippen molar-refractivity contribution in [2.24, 2.45) is 17.3 Å². The first-order valence-corrected chi connectivity index (χ1v) is 6.99. The highest BCUT2D eigenvalue weighted by Crippen LogP contribution is 2.42. The molecule has 1 rings (SSSR count). The molecule has 15 heavy (non-hydrogen) atoms. The SMILES string of the molecule is CCC(I)C(=O)C1C(C)C=CCC1(C)C. The van der Waals surface area contributed by atoms with E-state index >= 15 is 0 Å². The minimum absolute atomic E-state index is 0.129. The molecule has 0 aromatic heterocycles. The van der Waals surface area contributed by atoms with E-state index in [-0.39, 0.29) is 15.3 Å². The Bertz CT molecular complexity index is 268. The average molecular weight is 320 g/mol. The van der Waals surface area contributed by atoms with Crippen LogP contribution in [0.15, 0.2) is 12.2 Å². The van der Waals surface area contributed by atoms with Crippen LogP contribution in [0, 0.1) is 17.3 Å². The van der Waals surface area contributed by atoms with E-state index in [1.807, 2.05) is 0 Å². The number of allylic oxidation sites excluding steroid dienone is 2. The summed E-state index contributed by atoms with van der Waals surface area (Å²) in [4.78, 5) is 12.3. The van der Waals surface area contributed by atoms with Gasteiger partial charge in [0.1, 0.15) is 5.78 Å². The first-order chi connectivity index (χ1) is 6.90. The van der Waals surface area contributed by atoms with Gasteiger partial charge in [0.15, 0.2) is 0 Å². The average Bonchev–Trinajstić information content (AvgIpc) is 2.14. The summed E-state index contributed by atoms with van der Waals surface area (Å²) in [5.41, 5.74) is 0.129. The number of carbonyl (C=O) groups is 1. The molecule has 0 spiro atoms. The molecule has 2 heteroatoms. The van der Waals surface area contributed by atoms with Gasteiger partial charge in [0.25, 0.3) is 0 Å². The Kier molecular flexibility index (Phi) is 4.38. The maximum atomic E-state index is 12.3. The van der Waals surface area contributed by atoms with Gasteiger partial charge >= 0.3 is 0 Å². The topological polar surface area (TPSA) is 17.1 Å². The molecule has 0 aromatic carbocycles. The molecule has 0 N–H and O–H groups in total. The summed E-state index contributed by atoms with van der Waals surface area (Å²) in [6.45, 7) is 8.69. The van der Waals surface area contributed by atoms with Crippen molar-refractivity contribution in [3.05, 3.63) is 12.2 Å². The van der Waals surface area contributed by atoms with Gasteiger partial charge in [-0.3, -0.25) is 4.79 Å². The molecule has 1 aliphatic rings. The fourth-order valence-electron chi connectivity index (χ4n) is 2.58. The van der Waals surface area contributed by atoms with Crippen LogP contribution in [0.1, 0.15) is 40.5 Å². The number of hydrogen-bond donors (Lipinski definition) is 0. The first-order valence-electron chi connectivity index (χ1n) is 5.74. The van der Waals surface area contributed by atoms with Gasteiger partial charge in [-0.05, 0) is 24.2 Å². The van der Waals surface area contributed by atoms with Crippen molar-refractivity contribution in [1.82, 2.24) is 0 Å². The van der Waals surface area contributed by atoms with Crippen LogP contribution in [-0.4, -0.2) is 9.71 Å². The van der Waals surface area contributed by atoms with Crippen molar-refractivity contribution in [3.63, 3.8) is 0 Å². The third-order valence-electron chi connectivity index (χ3n) is 3.42. The molecule has 3 unspecified atom stereocenters. The van der Waals surface area contributed by atoms with Gasteiger partial charge in [-0.1, -0.05) is 62.4 Å². The van der Waals surface area contributed by atoms with E-state index in [1.165, 1.54) is 0 Å². The third kappa shape index (κ3) is 2.83. The van der Waals surface area contributed by atoms with Gasteiger partial charge in [-0.25, -0.2) is 0 Å². The number of rotatable bonds is 3. The lowest BCUT2D eigenvalue weighted by Crippen LogP contribution is -2.40. The summed E-state index contributed by atoms with van der Waals surface area (Å²) >= 11 is 2.29. The number of Topliss-reactive ketones (excluding diaryl/α,β-unsaturated/α-hetero) is 1. The van der Waals surface area contributed by atoms with E-state index in [0.717, 1.165) is 12.8 Å². The summed E-state index contributed by atoms with van der Waals surface area (Å²) in [5.74, 6) is 1.04. The molecule has 0 saturated carbocycles. The van der Waals surface area contributed by atoms with Crippen LogP contribution < -0.4 is 0 Å². The minimum atomic E-state index is 0.129. The zero-order chi connectivity index (χ0) is 11.6. The molecule has 0 saturated heterocycles. The summed E-state index contributed by atoms with van der Waals surface area (Å²) < 4.78 is 0.181. The zero-order valence-corrected chi connectivity index (χ0v) is 12.2. The molecule has 1 nitrogen and oxygen atoms in total. The second-order valence-electron chi connectivity index (χ2n) is 5.24. The molecule has 3 atom stereocenters. The molecule has 0 heterocycles. The Labute approximate surface area is 107 Å². The highest BCUT2D eigenvalue weighted by molar-refractivity contribution is 14.1. The Morgan fingerprint density at radius 2 is 2.20 bits per heavy atom. The molecule has 0 bridgehead atoms. The highest BCUT2D eigenvalue weighted by Gasteiger charge is 2.40. The van der Waals surface area contributed by atoms with Crippen molar-refractivity contribution in [1.29, 1.82) is 0 Å². The molecule has 0 amide bonds. The van der Waals surface area contributed by atoms with Gasteiger partial charge in [0, 0.05) is 5.92 Å². The maximum absolute atomic E-state index is 12.3. The summed E-state index contributed by atoms with van der Waals surface area (Å²) in [5, 5.41) is 0. The van der Waals surface area contributed by atoms with Crippen molar-refractivity contribution < 1.29 is 4.79 Å². The van der Waals surface area contributed by atoms with Gasteiger partial charge in [-0.15, -0.1) is 0 Å². The fourth-order valence-corrected chi connectivity index (χ4v) is 2.96. The first kappa shape index (κ1) is 13.2. The molecule has 0 aliphatic heterocycles. The highest BCUT2D eigenvalue weighted by atomic mass is 127. The van der Waals surface area contributed by atoms with Crippen molar-refractivity contribution in [2.75, 3.05) is 0 Å². The van der Waals surface area contributed by atoms with Crippen LogP contribution in [0.2, 0.25) is 0 Å². The fraction of sp³-hybridized carbons (Fsp3) is 0.769. The van der Waals surface area contributed by atoms with Crippen LogP contribution in [0.3, 0.4) is 0 Å². The van der Waals surface area contributed by atoms with Gasteiger partial charge in [0.05, 0.1) is 3.92 Å². The monoisotopic (exact) mass is 320 g/mol. The number of halogens is 1. The van der Waals surface area contributed by atoms with E-state index in [0.29, 0.717) is 11.7 Å². The normalized spacial score (nSPS) is 31.3. The summed E-state index contributed by atoms with van der Waals surface area (Å²) in [7, 11) is 0. The molecule has 0 radical (unpaired) electrons. The van der Waals surface area contributed by atoms with Crippen molar-refractivity contribution >= 4 is 28.4 Å². The molecular formula is C13H21IO. The number of alkyl halides is 1. The van der Waals surface area contributed by atoms with E-state index in [2.05, 4.69) is 62.4 Å². The van der Waals surface area contributed by atoms with E-state index in [1.54, 1.807) is 0 Å². The number of hydrogen-bond acceptors (Lipinski definition) is 1. The van der Waals surface area contributed by atoms with E-state index in [4.69, 9.17) is 0 Å². The molecule has 86 valence electrons. The quantitative estimate of drug-likeness (QED) is 0.436. The van der Waals surface area contributed by atoms with E-state index < -0.39 is 0 Å². The van der Waals surface area contributed by atoms with Crippen LogP contribution >= 0.6 is 22.6 Å². The lowest BCUT2D eigenvalue weighted by atomic mass is 9.65. The minimum Gasteiger partial charge on any atom is -0.298 e. The number of ketones is 1. The molecule has 0 aromatic rings. The van der Waals surface area contributed by atoms with Gasteiger partial charge in [-0.2, -0.15) is 0 Å². The second-order valence-corrected chi connectivity index (χ2v) is 6.74. The largest absolute Gasteiger partial charge is 0.298 e. The lowest BCUT2D eigenvalue weighted by molar-refractivity contribution is -0.127. The van der Waals surface area contributed by atoms with Crippen molar-refractivity contribution in [2.45, 2.75) is 44.5 Å². The Balaban J connectivity index is 2.90. The molecule has 0 fully saturated rings. The van der Waals surface area contributed by atoms with Crippen molar-refractivity contribution in [3.8, 4) is 0 Å². The summed E-state index contributed by atoms with van der Waals surface area (Å²) in [6.07, 6.45) is 6.40. The maximum Gasteiger partial charge on any atom is 0.149 e. The zero-order valence-electron chi connectivity index (χ0n) is 10.1. The Hall–Kier alpha value is 0.140. The van der Waals surface area contributed by atoms with Gasteiger partial charge < -0.3 is 0 Å². The number of carbonyl (C=O) groups excluding carboxylic acids is 1. The standard InChI is InChI=1S/C13H21IO/c1-5-10(14)12(15)11-9(2)7-6-8-13(11,3)4/h6-7,9-11H,5,8H2,1-4H3. The van der Waals surface area contributed by atoms with Crippen LogP contribution in [0.5, 0.6) is 0 Å². The smallest absolute Gasteiger partial charge is 0.149 e.